The van der Waals surface area contributed by atoms with Gasteiger partial charge >= 0.3 is 0 Å². The molecule has 108 valence electrons. The number of nitrogens with zero attached hydrogens (tertiary/aromatic N) is 2. The Bertz CT molecular complexity index is 592. The summed E-state index contributed by atoms with van der Waals surface area (Å²) in [5, 5.41) is 4.40. The molecule has 2 heterocycles. The molecule has 2 aromatic rings. The molecule has 1 aliphatic carbocycles. The summed E-state index contributed by atoms with van der Waals surface area (Å²) in [4.78, 5) is 4.61. The first-order valence-electron chi connectivity index (χ1n) is 7.48. The highest BCUT2D eigenvalue weighted by molar-refractivity contribution is 6.30. The van der Waals surface area contributed by atoms with E-state index in [1.165, 1.54) is 19.3 Å². The van der Waals surface area contributed by atoms with Gasteiger partial charge < -0.3 is 9.72 Å². The molecule has 0 spiro atoms. The summed E-state index contributed by atoms with van der Waals surface area (Å²) in [5.74, 6) is 1.69. The van der Waals surface area contributed by atoms with Gasteiger partial charge in [-0.1, -0.05) is 25.4 Å². The fourth-order valence-electron chi connectivity index (χ4n) is 3.08. The van der Waals surface area contributed by atoms with E-state index in [4.69, 9.17) is 11.6 Å². The van der Waals surface area contributed by atoms with Gasteiger partial charge in [0, 0.05) is 25.0 Å². The third-order valence-electron chi connectivity index (χ3n) is 4.63. The molecule has 0 aromatic carbocycles. The van der Waals surface area contributed by atoms with Crippen LogP contribution < -0.4 is 5.32 Å². The van der Waals surface area contributed by atoms with Crippen molar-refractivity contribution < 1.29 is 0 Å². The first-order valence-corrected chi connectivity index (χ1v) is 7.86. The molecular weight excluding hydrogens is 270 g/mol. The van der Waals surface area contributed by atoms with Crippen molar-refractivity contribution in [2.24, 2.45) is 11.8 Å². The van der Waals surface area contributed by atoms with Crippen LogP contribution >= 0.6 is 11.6 Å². The van der Waals surface area contributed by atoms with Crippen molar-refractivity contribution in [3.63, 3.8) is 0 Å². The molecule has 2 aromatic heterocycles. The number of aromatic nitrogens is 2. The molecule has 20 heavy (non-hydrogen) atoms. The molecule has 3 rings (SSSR count). The second-order valence-electron chi connectivity index (χ2n) is 6.19. The average Bonchev–Trinajstić information content (AvgIpc) is 2.82. The summed E-state index contributed by atoms with van der Waals surface area (Å²) in [6.07, 6.45) is 7.85. The molecule has 4 heteroatoms. The predicted molar refractivity (Wildman–Crippen MR) is 83.0 cm³/mol. The molecule has 3 nitrogen and oxygen atoms in total. The van der Waals surface area contributed by atoms with Crippen LogP contribution in [0.15, 0.2) is 24.5 Å². The van der Waals surface area contributed by atoms with Crippen LogP contribution in [0.1, 0.15) is 38.8 Å². The van der Waals surface area contributed by atoms with Gasteiger partial charge in [-0.05, 0) is 43.2 Å². The average molecular weight is 292 g/mol. The standard InChI is InChI=1S/C16H22ClN3/c1-11-3-5-14(7-12(11)2)18-8-15-10-20-9-13(17)4-6-16(20)19-15/h4,6,9-12,14,18H,3,5,7-8H2,1-2H3. The van der Waals surface area contributed by atoms with Crippen LogP contribution in [0.4, 0.5) is 0 Å². The van der Waals surface area contributed by atoms with Crippen molar-refractivity contribution in [2.45, 2.75) is 45.7 Å². The van der Waals surface area contributed by atoms with E-state index in [2.05, 4.69) is 30.3 Å². The molecule has 1 fully saturated rings. The second-order valence-corrected chi connectivity index (χ2v) is 6.63. The summed E-state index contributed by atoms with van der Waals surface area (Å²) in [5.41, 5.74) is 2.04. The van der Waals surface area contributed by atoms with Gasteiger partial charge in [0.2, 0.25) is 0 Å². The van der Waals surface area contributed by atoms with Gasteiger partial charge in [0.15, 0.2) is 0 Å². The van der Waals surface area contributed by atoms with Gasteiger partial charge in [-0.3, -0.25) is 0 Å². The first kappa shape index (κ1) is 13.9. The van der Waals surface area contributed by atoms with Crippen molar-refractivity contribution in [1.29, 1.82) is 0 Å². The van der Waals surface area contributed by atoms with E-state index in [-0.39, 0.29) is 0 Å². The lowest BCUT2D eigenvalue weighted by Gasteiger charge is -2.32. The minimum absolute atomic E-state index is 0.634. The van der Waals surface area contributed by atoms with E-state index >= 15 is 0 Å². The van der Waals surface area contributed by atoms with Gasteiger partial charge in [-0.2, -0.15) is 0 Å². The largest absolute Gasteiger partial charge is 0.308 e. The van der Waals surface area contributed by atoms with Gasteiger partial charge in [0.1, 0.15) is 5.65 Å². The molecule has 3 unspecified atom stereocenters. The minimum atomic E-state index is 0.634. The fourth-order valence-corrected chi connectivity index (χ4v) is 3.25. The smallest absolute Gasteiger partial charge is 0.137 e. The van der Waals surface area contributed by atoms with E-state index in [0.717, 1.165) is 34.7 Å². The highest BCUT2D eigenvalue weighted by Crippen LogP contribution is 2.29. The molecule has 0 saturated heterocycles. The molecule has 0 bridgehead atoms. The van der Waals surface area contributed by atoms with Crippen LogP contribution in [0.2, 0.25) is 5.02 Å². The summed E-state index contributed by atoms with van der Waals surface area (Å²) >= 11 is 5.99. The molecule has 1 aliphatic rings. The molecule has 0 aliphatic heterocycles. The van der Waals surface area contributed by atoms with Crippen molar-refractivity contribution in [2.75, 3.05) is 0 Å². The summed E-state index contributed by atoms with van der Waals surface area (Å²) in [6, 6.07) is 4.47. The maximum atomic E-state index is 5.99. The van der Waals surface area contributed by atoms with Crippen LogP contribution in [-0.4, -0.2) is 15.4 Å². The van der Waals surface area contributed by atoms with E-state index in [1.54, 1.807) is 0 Å². The molecule has 0 amide bonds. The summed E-state index contributed by atoms with van der Waals surface area (Å²) < 4.78 is 1.99. The Morgan fingerprint density at radius 1 is 1.25 bits per heavy atom. The zero-order chi connectivity index (χ0) is 14.1. The quantitative estimate of drug-likeness (QED) is 0.929. The topological polar surface area (TPSA) is 29.3 Å². The Hall–Kier alpha value is -1.06. The van der Waals surface area contributed by atoms with Crippen molar-refractivity contribution >= 4 is 17.2 Å². The van der Waals surface area contributed by atoms with Crippen LogP contribution in [0.25, 0.3) is 5.65 Å². The van der Waals surface area contributed by atoms with E-state index < -0.39 is 0 Å². The van der Waals surface area contributed by atoms with Gasteiger partial charge in [0.05, 0.1) is 10.7 Å². The third kappa shape index (κ3) is 2.99. The molecule has 0 radical (unpaired) electrons. The number of pyridine rings is 1. The Kier molecular flexibility index (Phi) is 3.99. The Morgan fingerprint density at radius 2 is 2.10 bits per heavy atom. The van der Waals surface area contributed by atoms with Crippen LogP contribution in [0.5, 0.6) is 0 Å². The highest BCUT2D eigenvalue weighted by Gasteiger charge is 2.24. The summed E-state index contributed by atoms with van der Waals surface area (Å²) in [6.45, 7) is 5.57. The van der Waals surface area contributed by atoms with Gasteiger partial charge in [-0.25, -0.2) is 4.98 Å². The van der Waals surface area contributed by atoms with Crippen molar-refractivity contribution in [3.8, 4) is 0 Å². The lowest BCUT2D eigenvalue weighted by Crippen LogP contribution is -2.35. The lowest BCUT2D eigenvalue weighted by atomic mass is 9.79. The number of hydrogen-bond donors (Lipinski definition) is 1. The number of fused-ring (bicyclic) bond motifs is 1. The number of hydrogen-bond acceptors (Lipinski definition) is 2. The summed E-state index contributed by atoms with van der Waals surface area (Å²) in [7, 11) is 0. The third-order valence-corrected chi connectivity index (χ3v) is 4.86. The normalized spacial score (nSPS) is 27.1. The van der Waals surface area contributed by atoms with Crippen LogP contribution in [0.3, 0.4) is 0 Å². The molecule has 1 saturated carbocycles. The second kappa shape index (κ2) is 5.74. The Balaban J connectivity index is 1.62. The maximum absolute atomic E-state index is 5.99. The van der Waals surface area contributed by atoms with E-state index in [0.29, 0.717) is 6.04 Å². The van der Waals surface area contributed by atoms with E-state index in [1.807, 2.05) is 22.7 Å². The molecular formula is C16H22ClN3. The fraction of sp³-hybridized carbons (Fsp3) is 0.562. The van der Waals surface area contributed by atoms with Crippen molar-refractivity contribution in [3.05, 3.63) is 35.2 Å². The van der Waals surface area contributed by atoms with Crippen LogP contribution in [-0.2, 0) is 6.54 Å². The zero-order valence-corrected chi connectivity index (χ0v) is 12.9. The minimum Gasteiger partial charge on any atom is -0.308 e. The van der Waals surface area contributed by atoms with Gasteiger partial charge in [0.25, 0.3) is 0 Å². The number of halogens is 1. The van der Waals surface area contributed by atoms with Gasteiger partial charge in [-0.15, -0.1) is 0 Å². The monoisotopic (exact) mass is 291 g/mol. The first-order chi connectivity index (χ1) is 9.61. The van der Waals surface area contributed by atoms with Crippen molar-refractivity contribution in [1.82, 2.24) is 14.7 Å². The maximum Gasteiger partial charge on any atom is 0.137 e. The molecule has 1 N–H and O–H groups in total. The van der Waals surface area contributed by atoms with Crippen LogP contribution in [0, 0.1) is 11.8 Å². The zero-order valence-electron chi connectivity index (χ0n) is 12.1. The lowest BCUT2D eigenvalue weighted by molar-refractivity contribution is 0.225. The SMILES string of the molecule is CC1CCC(NCc2cn3cc(Cl)ccc3n2)CC1C. The number of nitrogens with one attached hydrogen (secondary N) is 1. The highest BCUT2D eigenvalue weighted by atomic mass is 35.5. The predicted octanol–water partition coefficient (Wildman–Crippen LogP) is 3.90. The Morgan fingerprint density at radius 3 is 2.90 bits per heavy atom. The van der Waals surface area contributed by atoms with E-state index in [9.17, 15) is 0 Å². The number of rotatable bonds is 3. The molecule has 3 atom stereocenters. The Labute approximate surface area is 125 Å². The number of imidazole rings is 1.